The van der Waals surface area contributed by atoms with Gasteiger partial charge < -0.3 is 0 Å². The molecule has 3 nitrogen and oxygen atoms in total. The molecule has 104 valence electrons. The molecule has 0 radical (unpaired) electrons. The van der Waals surface area contributed by atoms with Crippen molar-refractivity contribution >= 4 is 24.4 Å². The third-order valence-electron chi connectivity index (χ3n) is 4.00. The van der Waals surface area contributed by atoms with Crippen molar-refractivity contribution in [2.75, 3.05) is 0 Å². The molecule has 1 heterocycles. The fourth-order valence-corrected chi connectivity index (χ4v) is 2.62. The number of nitrogens with zero attached hydrogens (tertiary/aromatic N) is 1. The van der Waals surface area contributed by atoms with Gasteiger partial charge in [-0.05, 0) is 25.2 Å². The Morgan fingerprint density at radius 1 is 1.22 bits per heavy atom. The molecule has 4 atom stereocenters. The van der Waals surface area contributed by atoms with Crippen LogP contribution in [-0.4, -0.2) is 28.0 Å². The summed E-state index contributed by atoms with van der Waals surface area (Å²) in [5.74, 6) is 0.511. The van der Waals surface area contributed by atoms with E-state index in [2.05, 4.69) is 19.6 Å². The van der Waals surface area contributed by atoms with E-state index in [1.807, 2.05) is 27.7 Å². The van der Waals surface area contributed by atoms with Gasteiger partial charge >= 0.3 is 0 Å². The molecule has 0 aliphatic carbocycles. The zero-order chi connectivity index (χ0) is 14.0. The summed E-state index contributed by atoms with van der Waals surface area (Å²) in [5.41, 5.74) is 0. The first kappa shape index (κ1) is 15.5. The molecular weight excluding hydrogens is 246 g/mol. The molecular formula is C14H25NO2S. The number of hydrogen-bond donors (Lipinski definition) is 1. The Kier molecular flexibility index (Phi) is 5.26. The van der Waals surface area contributed by atoms with Crippen molar-refractivity contribution in [2.45, 2.75) is 58.8 Å². The van der Waals surface area contributed by atoms with E-state index in [0.29, 0.717) is 12.3 Å². The highest BCUT2D eigenvalue weighted by atomic mass is 32.1. The minimum Gasteiger partial charge on any atom is -0.280 e. The van der Waals surface area contributed by atoms with Crippen LogP contribution >= 0.6 is 12.6 Å². The summed E-state index contributed by atoms with van der Waals surface area (Å²) in [4.78, 5) is 25.7. The number of rotatable bonds is 5. The molecule has 1 fully saturated rings. The maximum absolute atomic E-state index is 12.2. The summed E-state index contributed by atoms with van der Waals surface area (Å²) in [6.45, 7) is 10.1. The molecule has 0 N–H and O–H groups in total. The van der Waals surface area contributed by atoms with Crippen LogP contribution in [-0.2, 0) is 9.59 Å². The smallest absolute Gasteiger partial charge is 0.233 e. The van der Waals surface area contributed by atoms with Gasteiger partial charge in [-0.15, -0.1) is 0 Å². The van der Waals surface area contributed by atoms with Crippen molar-refractivity contribution in [3.8, 4) is 0 Å². The number of hydrogen-bond acceptors (Lipinski definition) is 3. The van der Waals surface area contributed by atoms with Gasteiger partial charge in [0.05, 0.1) is 0 Å². The first-order valence-corrected chi connectivity index (χ1v) is 7.31. The molecule has 1 aliphatic rings. The SMILES string of the molecule is CC(C)C1CC(=O)N(C(C)CC(C)C(C)S)C1=O. The second kappa shape index (κ2) is 6.09. The largest absolute Gasteiger partial charge is 0.280 e. The van der Waals surface area contributed by atoms with Crippen LogP contribution in [0.25, 0.3) is 0 Å². The Morgan fingerprint density at radius 2 is 1.78 bits per heavy atom. The van der Waals surface area contributed by atoms with E-state index >= 15 is 0 Å². The zero-order valence-electron chi connectivity index (χ0n) is 12.0. The summed E-state index contributed by atoms with van der Waals surface area (Å²) in [5, 5.41) is 0.279. The number of imide groups is 1. The lowest BCUT2D eigenvalue weighted by molar-refractivity contribution is -0.142. The number of likely N-dealkylation sites (tertiary alicyclic amines) is 1. The van der Waals surface area contributed by atoms with E-state index in [9.17, 15) is 9.59 Å². The van der Waals surface area contributed by atoms with Crippen molar-refractivity contribution in [3.05, 3.63) is 0 Å². The average molecular weight is 271 g/mol. The molecule has 1 rings (SSSR count). The van der Waals surface area contributed by atoms with Crippen molar-refractivity contribution in [3.63, 3.8) is 0 Å². The van der Waals surface area contributed by atoms with Crippen LogP contribution in [0.2, 0.25) is 0 Å². The van der Waals surface area contributed by atoms with E-state index in [1.165, 1.54) is 4.90 Å². The molecule has 0 spiro atoms. The van der Waals surface area contributed by atoms with Gasteiger partial charge in [-0.1, -0.05) is 27.7 Å². The Balaban J connectivity index is 2.71. The molecule has 0 aromatic heterocycles. The van der Waals surface area contributed by atoms with Crippen LogP contribution in [0, 0.1) is 17.8 Å². The van der Waals surface area contributed by atoms with Gasteiger partial charge in [0.2, 0.25) is 11.8 Å². The van der Waals surface area contributed by atoms with Crippen LogP contribution < -0.4 is 0 Å². The predicted octanol–water partition coefficient (Wildman–Crippen LogP) is 2.75. The maximum Gasteiger partial charge on any atom is 0.233 e. The molecule has 1 saturated heterocycles. The van der Waals surface area contributed by atoms with Gasteiger partial charge in [-0.25, -0.2) is 0 Å². The Hall–Kier alpha value is -0.510. The van der Waals surface area contributed by atoms with Crippen LogP contribution in [0.3, 0.4) is 0 Å². The molecule has 4 heteroatoms. The van der Waals surface area contributed by atoms with Crippen molar-refractivity contribution in [2.24, 2.45) is 17.8 Å². The summed E-state index contributed by atoms with van der Waals surface area (Å²) in [6.07, 6.45) is 1.21. The Bertz CT molecular complexity index is 328. The van der Waals surface area contributed by atoms with E-state index in [0.717, 1.165) is 6.42 Å². The highest BCUT2D eigenvalue weighted by Gasteiger charge is 2.42. The monoisotopic (exact) mass is 271 g/mol. The van der Waals surface area contributed by atoms with Gasteiger partial charge in [-0.2, -0.15) is 12.6 Å². The highest BCUT2D eigenvalue weighted by molar-refractivity contribution is 7.80. The molecule has 0 aromatic carbocycles. The standard InChI is InChI=1S/C14H25NO2S/c1-8(2)12-7-13(16)15(14(12)17)10(4)6-9(3)11(5)18/h8-12,18H,6-7H2,1-5H3. The quantitative estimate of drug-likeness (QED) is 0.616. The van der Waals surface area contributed by atoms with Crippen molar-refractivity contribution in [1.29, 1.82) is 0 Å². The number of thiol groups is 1. The molecule has 0 saturated carbocycles. The van der Waals surface area contributed by atoms with Crippen LogP contribution in [0.4, 0.5) is 0 Å². The molecule has 4 unspecified atom stereocenters. The zero-order valence-corrected chi connectivity index (χ0v) is 12.9. The third-order valence-corrected chi connectivity index (χ3v) is 4.51. The number of carbonyl (C=O) groups excluding carboxylic acids is 2. The van der Waals surface area contributed by atoms with Crippen LogP contribution in [0.1, 0.15) is 47.5 Å². The maximum atomic E-state index is 12.2. The van der Waals surface area contributed by atoms with Gasteiger partial charge in [0.15, 0.2) is 0 Å². The summed E-state index contributed by atoms with van der Waals surface area (Å²) >= 11 is 4.42. The van der Waals surface area contributed by atoms with Crippen LogP contribution in [0.5, 0.6) is 0 Å². The lowest BCUT2D eigenvalue weighted by atomic mass is 9.94. The van der Waals surface area contributed by atoms with Crippen molar-refractivity contribution in [1.82, 2.24) is 4.90 Å². The van der Waals surface area contributed by atoms with Gasteiger partial charge in [0.25, 0.3) is 0 Å². The first-order chi connectivity index (χ1) is 8.25. The van der Waals surface area contributed by atoms with E-state index in [4.69, 9.17) is 0 Å². The lowest BCUT2D eigenvalue weighted by Crippen LogP contribution is -2.40. The van der Waals surface area contributed by atoms with E-state index < -0.39 is 0 Å². The lowest BCUT2D eigenvalue weighted by Gasteiger charge is -2.27. The Labute approximate surface area is 116 Å². The normalized spacial score (nSPS) is 25.7. The minimum atomic E-state index is -0.122. The number of amides is 2. The summed E-state index contributed by atoms with van der Waals surface area (Å²) in [6, 6.07) is -0.0154. The average Bonchev–Trinajstić information content (AvgIpc) is 2.53. The van der Waals surface area contributed by atoms with E-state index in [-0.39, 0.29) is 34.9 Å². The van der Waals surface area contributed by atoms with Gasteiger partial charge in [0.1, 0.15) is 0 Å². The third kappa shape index (κ3) is 3.28. The van der Waals surface area contributed by atoms with Crippen molar-refractivity contribution < 1.29 is 9.59 Å². The second-order valence-electron chi connectivity index (χ2n) is 5.96. The molecule has 1 aliphatic heterocycles. The summed E-state index contributed by atoms with van der Waals surface area (Å²) < 4.78 is 0. The van der Waals surface area contributed by atoms with E-state index in [1.54, 1.807) is 0 Å². The molecule has 18 heavy (non-hydrogen) atoms. The fraction of sp³-hybridized carbons (Fsp3) is 0.857. The second-order valence-corrected chi connectivity index (χ2v) is 6.77. The minimum absolute atomic E-state index is 0.00906. The summed E-state index contributed by atoms with van der Waals surface area (Å²) in [7, 11) is 0. The molecule has 0 bridgehead atoms. The Morgan fingerprint density at radius 3 is 2.17 bits per heavy atom. The highest BCUT2D eigenvalue weighted by Crippen LogP contribution is 2.30. The predicted molar refractivity (Wildman–Crippen MR) is 76.5 cm³/mol. The molecule has 2 amide bonds. The first-order valence-electron chi connectivity index (χ1n) is 6.79. The number of carbonyl (C=O) groups is 2. The van der Waals surface area contributed by atoms with Gasteiger partial charge in [0, 0.05) is 23.6 Å². The molecule has 0 aromatic rings. The fourth-order valence-electron chi connectivity index (χ4n) is 2.50. The topological polar surface area (TPSA) is 37.4 Å². The van der Waals surface area contributed by atoms with Gasteiger partial charge in [-0.3, -0.25) is 14.5 Å². The van der Waals surface area contributed by atoms with Crippen LogP contribution in [0.15, 0.2) is 0 Å².